The average molecular weight is 235 g/mol. The summed E-state index contributed by atoms with van der Waals surface area (Å²) < 4.78 is 5.86. The lowest BCUT2D eigenvalue weighted by molar-refractivity contribution is 0.0954. The van der Waals surface area contributed by atoms with Gasteiger partial charge in [-0.1, -0.05) is 13.8 Å². The summed E-state index contributed by atoms with van der Waals surface area (Å²) in [6.07, 6.45) is 3.76. The molecule has 0 spiro atoms. The Hall–Kier alpha value is -1.16. The van der Waals surface area contributed by atoms with Crippen molar-refractivity contribution in [3.05, 3.63) is 17.8 Å². The number of nitrogens with zero attached hydrogens (tertiary/aromatic N) is 2. The average Bonchev–Trinajstić information content (AvgIpc) is 2.35. The van der Waals surface area contributed by atoms with Gasteiger partial charge >= 0.3 is 0 Å². The SMILES string of the molecule is CC1CCC(Oc2ccc(CN)nn2)CC1C. The van der Waals surface area contributed by atoms with Crippen molar-refractivity contribution in [3.8, 4) is 5.88 Å². The summed E-state index contributed by atoms with van der Waals surface area (Å²) >= 11 is 0. The van der Waals surface area contributed by atoms with Crippen molar-refractivity contribution < 1.29 is 4.74 Å². The Kier molecular flexibility index (Phi) is 3.94. The Balaban J connectivity index is 1.92. The van der Waals surface area contributed by atoms with E-state index in [0.717, 1.165) is 30.4 Å². The van der Waals surface area contributed by atoms with E-state index in [9.17, 15) is 0 Å². The van der Waals surface area contributed by atoms with E-state index in [1.807, 2.05) is 12.1 Å². The first-order valence-corrected chi connectivity index (χ1v) is 6.38. The van der Waals surface area contributed by atoms with E-state index >= 15 is 0 Å². The van der Waals surface area contributed by atoms with Gasteiger partial charge in [-0.15, -0.1) is 5.10 Å². The summed E-state index contributed by atoms with van der Waals surface area (Å²) in [4.78, 5) is 0. The second-order valence-corrected chi connectivity index (χ2v) is 5.07. The molecule has 0 aromatic carbocycles. The first-order chi connectivity index (χ1) is 8.19. The molecule has 2 rings (SSSR count). The van der Waals surface area contributed by atoms with Crippen LogP contribution in [-0.4, -0.2) is 16.3 Å². The van der Waals surface area contributed by atoms with Crippen molar-refractivity contribution in [2.75, 3.05) is 0 Å². The van der Waals surface area contributed by atoms with Gasteiger partial charge in [0.25, 0.3) is 0 Å². The molecular weight excluding hydrogens is 214 g/mol. The van der Waals surface area contributed by atoms with Crippen LogP contribution in [0.15, 0.2) is 12.1 Å². The van der Waals surface area contributed by atoms with Gasteiger partial charge in [-0.3, -0.25) is 0 Å². The van der Waals surface area contributed by atoms with Gasteiger partial charge in [-0.05, 0) is 37.2 Å². The maximum Gasteiger partial charge on any atom is 0.233 e. The molecule has 1 aliphatic carbocycles. The summed E-state index contributed by atoms with van der Waals surface area (Å²) in [6.45, 7) is 5.03. The van der Waals surface area contributed by atoms with Crippen molar-refractivity contribution in [1.29, 1.82) is 0 Å². The van der Waals surface area contributed by atoms with Crippen LogP contribution in [0, 0.1) is 11.8 Å². The summed E-state index contributed by atoms with van der Waals surface area (Å²) in [5.74, 6) is 2.15. The minimum Gasteiger partial charge on any atom is -0.473 e. The zero-order chi connectivity index (χ0) is 12.3. The molecule has 94 valence electrons. The lowest BCUT2D eigenvalue weighted by Crippen LogP contribution is -2.29. The predicted molar refractivity (Wildman–Crippen MR) is 66.5 cm³/mol. The van der Waals surface area contributed by atoms with Crippen LogP contribution in [0.2, 0.25) is 0 Å². The molecular formula is C13H21N3O. The van der Waals surface area contributed by atoms with Gasteiger partial charge in [-0.25, -0.2) is 0 Å². The van der Waals surface area contributed by atoms with Gasteiger partial charge in [0.2, 0.25) is 5.88 Å². The molecule has 4 heteroatoms. The highest BCUT2D eigenvalue weighted by atomic mass is 16.5. The maximum atomic E-state index is 5.86. The second kappa shape index (κ2) is 5.45. The molecule has 1 saturated carbocycles. The first-order valence-electron chi connectivity index (χ1n) is 6.38. The molecule has 1 heterocycles. The first kappa shape index (κ1) is 12.3. The molecule has 1 aliphatic rings. The van der Waals surface area contributed by atoms with E-state index in [1.54, 1.807) is 0 Å². The van der Waals surface area contributed by atoms with Crippen LogP contribution in [0.1, 0.15) is 38.8 Å². The highest BCUT2D eigenvalue weighted by molar-refractivity contribution is 5.11. The van der Waals surface area contributed by atoms with Gasteiger partial charge < -0.3 is 10.5 Å². The summed E-state index contributed by atoms with van der Waals surface area (Å²) in [6, 6.07) is 3.73. The number of aromatic nitrogens is 2. The smallest absolute Gasteiger partial charge is 0.233 e. The molecule has 1 fully saturated rings. The topological polar surface area (TPSA) is 61.0 Å². The molecule has 2 N–H and O–H groups in total. The molecule has 0 amide bonds. The molecule has 3 unspecified atom stereocenters. The van der Waals surface area contributed by atoms with Gasteiger partial charge in [0.1, 0.15) is 6.10 Å². The summed E-state index contributed by atoms with van der Waals surface area (Å²) in [7, 11) is 0. The van der Waals surface area contributed by atoms with Crippen LogP contribution in [0.25, 0.3) is 0 Å². The number of rotatable bonds is 3. The Labute approximate surface area is 103 Å². The van der Waals surface area contributed by atoms with Gasteiger partial charge in [0, 0.05) is 12.6 Å². The van der Waals surface area contributed by atoms with Crippen LogP contribution < -0.4 is 10.5 Å². The lowest BCUT2D eigenvalue weighted by atomic mass is 9.80. The van der Waals surface area contributed by atoms with E-state index in [2.05, 4.69) is 24.0 Å². The third-order valence-electron chi connectivity index (χ3n) is 3.74. The minimum atomic E-state index is 0.291. The zero-order valence-corrected chi connectivity index (χ0v) is 10.6. The molecule has 0 radical (unpaired) electrons. The fraction of sp³-hybridized carbons (Fsp3) is 0.692. The van der Waals surface area contributed by atoms with Gasteiger partial charge in [0.15, 0.2) is 0 Å². The standard InChI is InChI=1S/C13H21N3O/c1-9-3-5-12(7-10(9)2)17-13-6-4-11(8-14)15-16-13/h4,6,9-10,12H,3,5,7-8,14H2,1-2H3. The van der Waals surface area contributed by atoms with Crippen LogP contribution >= 0.6 is 0 Å². The second-order valence-electron chi connectivity index (χ2n) is 5.07. The lowest BCUT2D eigenvalue weighted by Gasteiger charge is -2.31. The van der Waals surface area contributed by atoms with Crippen molar-refractivity contribution >= 4 is 0 Å². The molecule has 1 aromatic heterocycles. The predicted octanol–water partition coefficient (Wildman–Crippen LogP) is 2.14. The van der Waals surface area contributed by atoms with E-state index in [1.165, 1.54) is 6.42 Å². The minimum absolute atomic E-state index is 0.291. The molecule has 4 nitrogen and oxygen atoms in total. The molecule has 3 atom stereocenters. The third kappa shape index (κ3) is 3.16. The van der Waals surface area contributed by atoms with Crippen LogP contribution in [0.5, 0.6) is 5.88 Å². The van der Waals surface area contributed by atoms with Crippen molar-refractivity contribution in [2.24, 2.45) is 17.6 Å². The van der Waals surface area contributed by atoms with Crippen molar-refractivity contribution in [3.63, 3.8) is 0 Å². The Morgan fingerprint density at radius 3 is 2.65 bits per heavy atom. The Morgan fingerprint density at radius 1 is 1.24 bits per heavy atom. The molecule has 17 heavy (non-hydrogen) atoms. The highest BCUT2D eigenvalue weighted by Gasteiger charge is 2.25. The van der Waals surface area contributed by atoms with E-state index in [0.29, 0.717) is 18.5 Å². The van der Waals surface area contributed by atoms with Gasteiger partial charge in [-0.2, -0.15) is 5.10 Å². The molecule has 1 aromatic rings. The van der Waals surface area contributed by atoms with Crippen LogP contribution in [-0.2, 0) is 6.54 Å². The normalized spacial score (nSPS) is 29.0. The fourth-order valence-electron chi connectivity index (χ4n) is 2.30. The van der Waals surface area contributed by atoms with Crippen molar-refractivity contribution in [1.82, 2.24) is 10.2 Å². The van der Waals surface area contributed by atoms with E-state index in [4.69, 9.17) is 10.5 Å². The fourth-order valence-corrected chi connectivity index (χ4v) is 2.30. The maximum absolute atomic E-state index is 5.86. The summed E-state index contributed by atoms with van der Waals surface area (Å²) in [5.41, 5.74) is 6.27. The quantitative estimate of drug-likeness (QED) is 0.872. The third-order valence-corrected chi connectivity index (χ3v) is 3.74. The number of nitrogens with two attached hydrogens (primary N) is 1. The molecule has 0 bridgehead atoms. The molecule has 0 saturated heterocycles. The molecule has 0 aliphatic heterocycles. The largest absolute Gasteiger partial charge is 0.473 e. The number of hydrogen-bond donors (Lipinski definition) is 1. The van der Waals surface area contributed by atoms with Gasteiger partial charge in [0.05, 0.1) is 5.69 Å². The zero-order valence-electron chi connectivity index (χ0n) is 10.6. The highest BCUT2D eigenvalue weighted by Crippen LogP contribution is 2.31. The van der Waals surface area contributed by atoms with Crippen LogP contribution in [0.4, 0.5) is 0 Å². The Bertz CT molecular complexity index is 352. The number of ether oxygens (including phenoxy) is 1. The Morgan fingerprint density at radius 2 is 2.06 bits per heavy atom. The van der Waals surface area contributed by atoms with E-state index in [-0.39, 0.29) is 0 Å². The van der Waals surface area contributed by atoms with Crippen molar-refractivity contribution in [2.45, 2.75) is 45.8 Å². The van der Waals surface area contributed by atoms with E-state index < -0.39 is 0 Å². The van der Waals surface area contributed by atoms with Crippen LogP contribution in [0.3, 0.4) is 0 Å². The number of hydrogen-bond acceptors (Lipinski definition) is 4. The monoisotopic (exact) mass is 235 g/mol. The summed E-state index contributed by atoms with van der Waals surface area (Å²) in [5, 5.41) is 8.03.